The minimum atomic E-state index is 0.133. The molecule has 0 spiro atoms. The second-order valence-corrected chi connectivity index (χ2v) is 4.88. The summed E-state index contributed by atoms with van der Waals surface area (Å²) in [5, 5.41) is 9.44. The molecule has 0 atom stereocenters. The van der Waals surface area contributed by atoms with Crippen molar-refractivity contribution >= 4 is 0 Å². The van der Waals surface area contributed by atoms with Gasteiger partial charge < -0.3 is 14.6 Å². The van der Waals surface area contributed by atoms with Gasteiger partial charge in [-0.1, -0.05) is 12.5 Å². The molecule has 1 fully saturated rings. The van der Waals surface area contributed by atoms with Gasteiger partial charge >= 0.3 is 0 Å². The minimum absolute atomic E-state index is 0.133. The summed E-state index contributed by atoms with van der Waals surface area (Å²) in [5.74, 6) is 1.67. The maximum Gasteiger partial charge on any atom is 0.231 e. The molecule has 16 heavy (non-hydrogen) atoms. The van der Waals surface area contributed by atoms with Gasteiger partial charge in [-0.3, -0.25) is 0 Å². The van der Waals surface area contributed by atoms with E-state index in [1.807, 2.05) is 12.1 Å². The molecule has 1 aliphatic heterocycles. The van der Waals surface area contributed by atoms with Gasteiger partial charge in [0.2, 0.25) is 6.79 Å². The first-order valence-electron chi connectivity index (χ1n) is 5.81. The first kappa shape index (κ1) is 9.97. The van der Waals surface area contributed by atoms with Crippen molar-refractivity contribution in [3.05, 3.63) is 23.8 Å². The van der Waals surface area contributed by atoms with E-state index in [9.17, 15) is 5.11 Å². The number of fused-ring (bicyclic) bond motifs is 1. The van der Waals surface area contributed by atoms with Crippen molar-refractivity contribution in [1.29, 1.82) is 0 Å². The molecule has 0 unspecified atom stereocenters. The lowest BCUT2D eigenvalue weighted by molar-refractivity contribution is 0.0450. The van der Waals surface area contributed by atoms with Crippen LogP contribution in [0.1, 0.15) is 24.8 Å². The Labute approximate surface area is 95.0 Å². The molecule has 1 aliphatic carbocycles. The molecule has 1 saturated carbocycles. The molecular formula is C13H16O3. The van der Waals surface area contributed by atoms with E-state index in [0.717, 1.165) is 30.8 Å². The maximum absolute atomic E-state index is 9.44. The highest BCUT2D eigenvalue weighted by molar-refractivity contribution is 5.44. The molecule has 0 bridgehead atoms. The highest BCUT2D eigenvalue weighted by Crippen LogP contribution is 2.44. The number of aliphatic hydroxyl groups excluding tert-OH is 1. The number of benzene rings is 1. The van der Waals surface area contributed by atoms with Gasteiger partial charge in [0.05, 0.1) is 0 Å². The van der Waals surface area contributed by atoms with Crippen molar-refractivity contribution in [2.45, 2.75) is 25.7 Å². The fourth-order valence-electron chi connectivity index (χ4n) is 2.55. The monoisotopic (exact) mass is 220 g/mol. The Morgan fingerprint density at radius 3 is 2.69 bits per heavy atom. The molecule has 1 aromatic rings. The zero-order valence-electron chi connectivity index (χ0n) is 9.24. The van der Waals surface area contributed by atoms with Crippen LogP contribution in [0.3, 0.4) is 0 Å². The third kappa shape index (κ3) is 1.55. The first-order valence-corrected chi connectivity index (χ1v) is 5.81. The summed E-state index contributed by atoms with van der Waals surface area (Å²) in [4.78, 5) is 0. The Hall–Kier alpha value is -1.22. The lowest BCUT2D eigenvalue weighted by atomic mass is 9.66. The Bertz CT molecular complexity index is 391. The summed E-state index contributed by atoms with van der Waals surface area (Å²) < 4.78 is 10.6. The summed E-state index contributed by atoms with van der Waals surface area (Å²) in [6, 6.07) is 6.07. The van der Waals surface area contributed by atoms with Crippen molar-refractivity contribution in [1.82, 2.24) is 0 Å². The van der Waals surface area contributed by atoms with Crippen molar-refractivity contribution < 1.29 is 14.6 Å². The van der Waals surface area contributed by atoms with E-state index < -0.39 is 0 Å². The van der Waals surface area contributed by atoms with Gasteiger partial charge in [0.25, 0.3) is 0 Å². The topological polar surface area (TPSA) is 38.7 Å². The van der Waals surface area contributed by atoms with E-state index >= 15 is 0 Å². The molecular weight excluding hydrogens is 204 g/mol. The summed E-state index contributed by atoms with van der Waals surface area (Å²) in [6.07, 6.45) is 4.46. The van der Waals surface area contributed by atoms with Crippen LogP contribution < -0.4 is 9.47 Å². The minimum Gasteiger partial charge on any atom is -0.454 e. The van der Waals surface area contributed by atoms with Crippen LogP contribution in [0.5, 0.6) is 11.5 Å². The Balaban J connectivity index is 1.80. The van der Waals surface area contributed by atoms with Crippen LogP contribution in [0.2, 0.25) is 0 Å². The molecule has 0 radical (unpaired) electrons. The molecule has 86 valence electrons. The van der Waals surface area contributed by atoms with E-state index in [4.69, 9.17) is 9.47 Å². The van der Waals surface area contributed by atoms with Gasteiger partial charge in [0, 0.05) is 6.61 Å². The number of hydrogen-bond donors (Lipinski definition) is 1. The Kier molecular flexibility index (Phi) is 2.28. The van der Waals surface area contributed by atoms with E-state index in [2.05, 4.69) is 6.07 Å². The predicted octanol–water partition coefficient (Wildman–Crippen LogP) is 2.12. The van der Waals surface area contributed by atoms with Crippen LogP contribution in [-0.2, 0) is 6.42 Å². The summed E-state index contributed by atoms with van der Waals surface area (Å²) in [6.45, 7) is 0.616. The molecule has 1 heterocycles. The highest BCUT2D eigenvalue weighted by atomic mass is 16.7. The van der Waals surface area contributed by atoms with Gasteiger partial charge in [-0.2, -0.15) is 0 Å². The predicted molar refractivity (Wildman–Crippen MR) is 59.6 cm³/mol. The van der Waals surface area contributed by atoms with E-state index in [1.54, 1.807) is 0 Å². The average Bonchev–Trinajstić information content (AvgIpc) is 2.70. The Morgan fingerprint density at radius 2 is 2.00 bits per heavy atom. The molecule has 1 aromatic carbocycles. The normalized spacial score (nSPS) is 20.6. The third-order valence-corrected chi connectivity index (χ3v) is 3.77. The van der Waals surface area contributed by atoms with Crippen LogP contribution in [0.15, 0.2) is 18.2 Å². The fourth-order valence-corrected chi connectivity index (χ4v) is 2.55. The van der Waals surface area contributed by atoms with Gasteiger partial charge in [0.1, 0.15) is 0 Å². The smallest absolute Gasteiger partial charge is 0.231 e. The van der Waals surface area contributed by atoms with Gasteiger partial charge in [-0.05, 0) is 42.4 Å². The second kappa shape index (κ2) is 3.67. The standard InChI is InChI=1S/C13H16O3/c14-8-13(4-1-5-13)7-10-2-3-11-12(6-10)16-9-15-11/h2-3,6,14H,1,4-5,7-9H2. The summed E-state index contributed by atoms with van der Waals surface area (Å²) in [5.41, 5.74) is 1.37. The van der Waals surface area contributed by atoms with Crippen LogP contribution in [0, 0.1) is 5.41 Å². The highest BCUT2D eigenvalue weighted by Gasteiger charge is 2.36. The van der Waals surface area contributed by atoms with Crippen molar-refractivity contribution in [3.8, 4) is 11.5 Å². The quantitative estimate of drug-likeness (QED) is 0.848. The summed E-state index contributed by atoms with van der Waals surface area (Å²) in [7, 11) is 0. The van der Waals surface area contributed by atoms with Crippen LogP contribution >= 0.6 is 0 Å². The summed E-state index contributed by atoms with van der Waals surface area (Å²) >= 11 is 0. The van der Waals surface area contributed by atoms with Crippen LogP contribution in [0.25, 0.3) is 0 Å². The molecule has 3 nitrogen and oxygen atoms in total. The average molecular weight is 220 g/mol. The number of ether oxygens (including phenoxy) is 2. The van der Waals surface area contributed by atoms with Gasteiger partial charge in [-0.25, -0.2) is 0 Å². The SMILES string of the molecule is OCC1(Cc2ccc3c(c2)OCO3)CCC1. The van der Waals surface area contributed by atoms with Crippen LogP contribution in [-0.4, -0.2) is 18.5 Å². The van der Waals surface area contributed by atoms with Gasteiger partial charge in [0.15, 0.2) is 11.5 Å². The fraction of sp³-hybridized carbons (Fsp3) is 0.538. The maximum atomic E-state index is 9.44. The zero-order valence-corrected chi connectivity index (χ0v) is 9.24. The number of aliphatic hydroxyl groups is 1. The van der Waals surface area contributed by atoms with Gasteiger partial charge in [-0.15, -0.1) is 0 Å². The largest absolute Gasteiger partial charge is 0.454 e. The van der Waals surface area contributed by atoms with E-state index in [1.165, 1.54) is 12.0 Å². The molecule has 3 rings (SSSR count). The Morgan fingerprint density at radius 1 is 1.19 bits per heavy atom. The lowest BCUT2D eigenvalue weighted by Gasteiger charge is -2.40. The molecule has 0 saturated heterocycles. The molecule has 0 amide bonds. The van der Waals surface area contributed by atoms with Crippen molar-refractivity contribution in [2.24, 2.45) is 5.41 Å². The molecule has 0 aromatic heterocycles. The molecule has 1 N–H and O–H groups in total. The number of hydrogen-bond acceptors (Lipinski definition) is 3. The van der Waals surface area contributed by atoms with E-state index in [-0.39, 0.29) is 5.41 Å². The van der Waals surface area contributed by atoms with Crippen molar-refractivity contribution in [3.63, 3.8) is 0 Å². The zero-order chi connectivity index (χ0) is 11.0. The third-order valence-electron chi connectivity index (χ3n) is 3.77. The molecule has 2 aliphatic rings. The molecule has 3 heteroatoms. The lowest BCUT2D eigenvalue weighted by Crippen LogP contribution is -2.35. The number of rotatable bonds is 3. The second-order valence-electron chi connectivity index (χ2n) is 4.88. The van der Waals surface area contributed by atoms with Crippen molar-refractivity contribution in [2.75, 3.05) is 13.4 Å². The van der Waals surface area contributed by atoms with E-state index in [0.29, 0.717) is 13.4 Å². The van der Waals surface area contributed by atoms with Crippen LogP contribution in [0.4, 0.5) is 0 Å². The first-order chi connectivity index (χ1) is 7.81.